The molecule has 0 radical (unpaired) electrons. The van der Waals surface area contributed by atoms with Gasteiger partial charge in [0.1, 0.15) is 0 Å². The second-order valence-electron chi connectivity index (χ2n) is 3.90. The van der Waals surface area contributed by atoms with Crippen LogP contribution in [0.2, 0.25) is 0 Å². The van der Waals surface area contributed by atoms with Gasteiger partial charge in [0, 0.05) is 12.0 Å². The first kappa shape index (κ1) is 12.9. The Kier molecular flexibility index (Phi) is 5.14. The van der Waals surface area contributed by atoms with E-state index in [0.717, 1.165) is 6.42 Å². The van der Waals surface area contributed by atoms with Crippen molar-refractivity contribution in [1.29, 1.82) is 0 Å². The van der Waals surface area contributed by atoms with Gasteiger partial charge in [-0.25, -0.2) is 5.48 Å². The van der Waals surface area contributed by atoms with E-state index < -0.39 is 0 Å². The predicted octanol–water partition coefficient (Wildman–Crippen LogP) is 0.177. The molecule has 1 saturated heterocycles. The SMILES string of the molecule is CN[C@H](/C=C/C(C)=O)C[C@@H]1CCONC1=O. The summed E-state index contributed by atoms with van der Waals surface area (Å²) in [5.41, 5.74) is 2.37. The van der Waals surface area contributed by atoms with E-state index in [1.54, 1.807) is 6.08 Å². The van der Waals surface area contributed by atoms with E-state index in [4.69, 9.17) is 4.84 Å². The number of rotatable bonds is 5. The van der Waals surface area contributed by atoms with Crippen molar-refractivity contribution in [2.75, 3.05) is 13.7 Å². The summed E-state index contributed by atoms with van der Waals surface area (Å²) in [7, 11) is 1.81. The fraction of sp³-hybridized carbons (Fsp3) is 0.636. The molecule has 1 aliphatic rings. The number of amides is 1. The number of ketones is 1. The molecule has 0 bridgehead atoms. The first-order valence-corrected chi connectivity index (χ1v) is 5.41. The predicted molar refractivity (Wildman–Crippen MR) is 59.5 cm³/mol. The lowest BCUT2D eigenvalue weighted by atomic mass is 9.95. The molecule has 0 spiro atoms. The zero-order valence-electron chi connectivity index (χ0n) is 9.66. The highest BCUT2D eigenvalue weighted by atomic mass is 16.7. The molecule has 2 atom stereocenters. The lowest BCUT2D eigenvalue weighted by Crippen LogP contribution is -2.40. The Morgan fingerprint density at radius 2 is 2.50 bits per heavy atom. The van der Waals surface area contributed by atoms with Crippen molar-refractivity contribution < 1.29 is 14.4 Å². The fourth-order valence-electron chi connectivity index (χ4n) is 1.61. The van der Waals surface area contributed by atoms with Gasteiger partial charge in [-0.3, -0.25) is 14.4 Å². The lowest BCUT2D eigenvalue weighted by Gasteiger charge is -2.24. The van der Waals surface area contributed by atoms with Crippen molar-refractivity contribution in [3.8, 4) is 0 Å². The van der Waals surface area contributed by atoms with Crippen molar-refractivity contribution in [1.82, 2.24) is 10.8 Å². The summed E-state index contributed by atoms with van der Waals surface area (Å²) in [6, 6.07) is 0.0396. The number of hydrogen-bond donors (Lipinski definition) is 2. The molecular weight excluding hydrogens is 208 g/mol. The normalized spacial score (nSPS) is 23.1. The van der Waals surface area contributed by atoms with Gasteiger partial charge >= 0.3 is 0 Å². The summed E-state index contributed by atoms with van der Waals surface area (Å²) in [4.78, 5) is 27.1. The summed E-state index contributed by atoms with van der Waals surface area (Å²) >= 11 is 0. The zero-order chi connectivity index (χ0) is 12.0. The molecule has 90 valence electrons. The Morgan fingerprint density at radius 3 is 3.06 bits per heavy atom. The average Bonchev–Trinajstić information content (AvgIpc) is 2.26. The smallest absolute Gasteiger partial charge is 0.246 e. The van der Waals surface area contributed by atoms with Crippen LogP contribution in [0.3, 0.4) is 0 Å². The monoisotopic (exact) mass is 226 g/mol. The van der Waals surface area contributed by atoms with Crippen LogP contribution in [-0.4, -0.2) is 31.4 Å². The highest BCUT2D eigenvalue weighted by molar-refractivity contribution is 5.87. The number of hydrogen-bond acceptors (Lipinski definition) is 4. The largest absolute Gasteiger partial charge is 0.314 e. The van der Waals surface area contributed by atoms with Crippen LogP contribution in [0.15, 0.2) is 12.2 Å². The van der Waals surface area contributed by atoms with Crippen molar-refractivity contribution in [3.63, 3.8) is 0 Å². The average molecular weight is 226 g/mol. The molecule has 2 N–H and O–H groups in total. The highest BCUT2D eigenvalue weighted by Crippen LogP contribution is 2.15. The molecule has 0 saturated carbocycles. The van der Waals surface area contributed by atoms with Gasteiger partial charge in [-0.2, -0.15) is 0 Å². The zero-order valence-corrected chi connectivity index (χ0v) is 9.66. The van der Waals surface area contributed by atoms with Crippen molar-refractivity contribution >= 4 is 11.7 Å². The van der Waals surface area contributed by atoms with Crippen LogP contribution < -0.4 is 10.8 Å². The van der Waals surface area contributed by atoms with Crippen LogP contribution in [0.1, 0.15) is 19.8 Å². The molecule has 5 nitrogen and oxygen atoms in total. The maximum absolute atomic E-state index is 11.4. The van der Waals surface area contributed by atoms with E-state index in [9.17, 15) is 9.59 Å². The Labute approximate surface area is 95.2 Å². The summed E-state index contributed by atoms with van der Waals surface area (Å²) in [5.74, 6) is -0.123. The van der Waals surface area contributed by atoms with Crippen LogP contribution in [0, 0.1) is 5.92 Å². The molecule has 0 aromatic heterocycles. The van der Waals surface area contributed by atoms with Gasteiger partial charge in [0.05, 0.1) is 6.61 Å². The van der Waals surface area contributed by atoms with E-state index >= 15 is 0 Å². The van der Waals surface area contributed by atoms with Crippen LogP contribution in [0.4, 0.5) is 0 Å². The minimum absolute atomic E-state index is 0.0108. The number of likely N-dealkylation sites (N-methyl/N-ethyl adjacent to an activating group) is 1. The molecule has 1 fully saturated rings. The third-order valence-corrected chi connectivity index (χ3v) is 2.58. The minimum atomic E-state index is -0.0808. The standard InChI is InChI=1S/C11H18N2O3/c1-8(14)3-4-10(12-2)7-9-5-6-16-13-11(9)15/h3-4,9-10,12H,5-7H2,1-2H3,(H,13,15)/b4-3+/t9-,10+/m0/s1. The number of carbonyl (C=O) groups is 2. The molecule has 1 amide bonds. The summed E-state index contributed by atoms with van der Waals surface area (Å²) in [6.45, 7) is 2.05. The van der Waals surface area contributed by atoms with Crippen LogP contribution in [-0.2, 0) is 14.4 Å². The van der Waals surface area contributed by atoms with Crippen molar-refractivity contribution in [3.05, 3.63) is 12.2 Å². The molecule has 16 heavy (non-hydrogen) atoms. The van der Waals surface area contributed by atoms with Crippen LogP contribution in [0.25, 0.3) is 0 Å². The van der Waals surface area contributed by atoms with Crippen molar-refractivity contribution in [2.24, 2.45) is 5.92 Å². The van der Waals surface area contributed by atoms with Gasteiger partial charge in [-0.15, -0.1) is 0 Å². The first-order valence-electron chi connectivity index (χ1n) is 5.41. The number of hydroxylamine groups is 1. The first-order chi connectivity index (χ1) is 7.63. The minimum Gasteiger partial charge on any atom is -0.314 e. The molecular formula is C11H18N2O3. The van der Waals surface area contributed by atoms with Gasteiger partial charge in [0.2, 0.25) is 5.91 Å². The lowest BCUT2D eigenvalue weighted by molar-refractivity contribution is -0.145. The Balaban J connectivity index is 2.48. The Morgan fingerprint density at radius 1 is 1.75 bits per heavy atom. The third kappa shape index (κ3) is 4.12. The second kappa shape index (κ2) is 6.40. The maximum atomic E-state index is 11.4. The van der Waals surface area contributed by atoms with Gasteiger partial charge in [-0.05, 0) is 32.9 Å². The molecule has 0 aliphatic carbocycles. The fourth-order valence-corrected chi connectivity index (χ4v) is 1.61. The quantitative estimate of drug-likeness (QED) is 0.656. The van der Waals surface area contributed by atoms with Crippen LogP contribution >= 0.6 is 0 Å². The van der Waals surface area contributed by atoms with Gasteiger partial charge in [0.15, 0.2) is 5.78 Å². The molecule has 1 rings (SSSR count). The molecule has 1 heterocycles. The topological polar surface area (TPSA) is 67.4 Å². The van der Waals surface area contributed by atoms with Gasteiger partial charge in [-0.1, -0.05) is 6.08 Å². The molecule has 5 heteroatoms. The number of carbonyl (C=O) groups excluding carboxylic acids is 2. The van der Waals surface area contributed by atoms with Crippen LogP contribution in [0.5, 0.6) is 0 Å². The van der Waals surface area contributed by atoms with Crippen molar-refractivity contribution in [2.45, 2.75) is 25.8 Å². The summed E-state index contributed by atoms with van der Waals surface area (Å²) in [6.07, 6.45) is 4.72. The van der Waals surface area contributed by atoms with E-state index in [1.807, 2.05) is 7.05 Å². The summed E-state index contributed by atoms with van der Waals surface area (Å²) < 4.78 is 0. The van der Waals surface area contributed by atoms with E-state index in [0.29, 0.717) is 13.0 Å². The second-order valence-corrected chi connectivity index (χ2v) is 3.90. The maximum Gasteiger partial charge on any atom is 0.246 e. The number of allylic oxidation sites excluding steroid dienone is 1. The molecule has 1 aliphatic heterocycles. The Bertz CT molecular complexity index is 289. The van der Waals surface area contributed by atoms with E-state index in [-0.39, 0.29) is 23.7 Å². The number of nitrogens with one attached hydrogen (secondary N) is 2. The van der Waals surface area contributed by atoms with Gasteiger partial charge in [0.25, 0.3) is 0 Å². The molecule has 0 aromatic rings. The van der Waals surface area contributed by atoms with Gasteiger partial charge < -0.3 is 5.32 Å². The van der Waals surface area contributed by atoms with E-state index in [2.05, 4.69) is 10.8 Å². The molecule has 0 unspecified atom stereocenters. The van der Waals surface area contributed by atoms with E-state index in [1.165, 1.54) is 13.0 Å². The highest BCUT2D eigenvalue weighted by Gasteiger charge is 2.24. The molecule has 0 aromatic carbocycles. The summed E-state index contributed by atoms with van der Waals surface area (Å²) in [5, 5.41) is 3.07. The Hall–Kier alpha value is -1.20. The third-order valence-electron chi connectivity index (χ3n) is 2.58.